The Morgan fingerprint density at radius 2 is 2.07 bits per heavy atom. The van der Waals surface area contributed by atoms with Crippen molar-refractivity contribution in [2.24, 2.45) is 16.8 Å². The van der Waals surface area contributed by atoms with Gasteiger partial charge in [0.15, 0.2) is 5.96 Å². The molecule has 0 saturated carbocycles. The van der Waals surface area contributed by atoms with Crippen molar-refractivity contribution in [1.29, 1.82) is 0 Å². The summed E-state index contributed by atoms with van der Waals surface area (Å²) < 4.78 is 16.7. The minimum atomic E-state index is 0. The van der Waals surface area contributed by atoms with Crippen LogP contribution in [0.3, 0.4) is 0 Å². The average Bonchev–Trinajstić information content (AvgIpc) is 3.13. The van der Waals surface area contributed by atoms with Crippen molar-refractivity contribution >= 4 is 29.9 Å². The highest BCUT2D eigenvalue weighted by atomic mass is 127. The van der Waals surface area contributed by atoms with Gasteiger partial charge in [-0.2, -0.15) is 0 Å². The molecule has 0 aromatic heterocycles. The predicted molar refractivity (Wildman–Crippen MR) is 125 cm³/mol. The van der Waals surface area contributed by atoms with E-state index in [0.29, 0.717) is 31.6 Å². The van der Waals surface area contributed by atoms with Gasteiger partial charge in [0.2, 0.25) is 0 Å². The highest BCUT2D eigenvalue weighted by Crippen LogP contribution is 2.20. The summed E-state index contributed by atoms with van der Waals surface area (Å²) in [6.45, 7) is 9.81. The summed E-state index contributed by atoms with van der Waals surface area (Å²) in [4.78, 5) is 6.77. The lowest BCUT2D eigenvalue weighted by molar-refractivity contribution is 0.0536. The molecule has 6 nitrogen and oxygen atoms in total. The third-order valence-corrected chi connectivity index (χ3v) is 4.56. The molecule has 0 bridgehead atoms. The second kappa shape index (κ2) is 14.0. The second-order valence-corrected chi connectivity index (χ2v) is 7.38. The molecule has 0 radical (unpaired) electrons. The Balaban J connectivity index is 0.00000392. The zero-order chi connectivity index (χ0) is 19.5. The fraction of sp³-hybridized carbons (Fsp3) is 0.667. The van der Waals surface area contributed by atoms with Crippen LogP contribution in [-0.2, 0) is 16.0 Å². The lowest BCUT2D eigenvalue weighted by atomic mass is 10.1. The highest BCUT2D eigenvalue weighted by Gasteiger charge is 2.25. The monoisotopic (exact) mass is 505 g/mol. The molecular weight excluding hydrogens is 469 g/mol. The summed E-state index contributed by atoms with van der Waals surface area (Å²) in [7, 11) is 3.54. The summed E-state index contributed by atoms with van der Waals surface area (Å²) in [6, 6.07) is 8.20. The van der Waals surface area contributed by atoms with Crippen molar-refractivity contribution in [3.8, 4) is 5.75 Å². The minimum Gasteiger partial charge on any atom is -0.493 e. The number of hydrogen-bond acceptors (Lipinski definition) is 4. The first-order chi connectivity index (χ1) is 13.1. The van der Waals surface area contributed by atoms with E-state index >= 15 is 0 Å². The third-order valence-electron chi connectivity index (χ3n) is 4.56. The molecule has 160 valence electrons. The molecule has 1 saturated heterocycles. The Morgan fingerprint density at radius 3 is 2.79 bits per heavy atom. The van der Waals surface area contributed by atoms with Crippen LogP contribution in [0.4, 0.5) is 0 Å². The summed E-state index contributed by atoms with van der Waals surface area (Å²) >= 11 is 0. The molecule has 1 atom stereocenters. The van der Waals surface area contributed by atoms with Crippen molar-refractivity contribution in [3.63, 3.8) is 0 Å². The van der Waals surface area contributed by atoms with Gasteiger partial charge in [-0.3, -0.25) is 4.99 Å². The van der Waals surface area contributed by atoms with Crippen molar-refractivity contribution in [2.45, 2.75) is 26.8 Å². The van der Waals surface area contributed by atoms with Crippen LogP contribution >= 0.6 is 24.0 Å². The van der Waals surface area contributed by atoms with Crippen molar-refractivity contribution in [1.82, 2.24) is 10.2 Å². The molecule has 1 aliphatic heterocycles. The average molecular weight is 505 g/mol. The predicted octanol–water partition coefficient (Wildman–Crippen LogP) is 3.40. The first-order valence-corrected chi connectivity index (χ1v) is 9.87. The Bertz CT molecular complexity index is 584. The van der Waals surface area contributed by atoms with Crippen LogP contribution < -0.4 is 10.1 Å². The van der Waals surface area contributed by atoms with Crippen LogP contribution in [0.2, 0.25) is 0 Å². The minimum absolute atomic E-state index is 0. The molecule has 7 heteroatoms. The van der Waals surface area contributed by atoms with Gasteiger partial charge in [0.1, 0.15) is 5.75 Å². The fourth-order valence-corrected chi connectivity index (χ4v) is 3.11. The maximum absolute atomic E-state index is 5.95. The standard InChI is InChI=1S/C21H35N3O3.HI/c1-17(2)15-27-20-8-6-5-7-19(20)13-23-21(22-3)24-10-9-18(14-24)16-26-12-11-25-4;/h5-8,17-18H,9-16H2,1-4H3,(H,22,23);1H. The normalized spacial score (nSPS) is 17.0. The molecule has 28 heavy (non-hydrogen) atoms. The van der Waals surface area contributed by atoms with E-state index in [1.54, 1.807) is 7.11 Å². The van der Waals surface area contributed by atoms with E-state index in [4.69, 9.17) is 14.2 Å². The highest BCUT2D eigenvalue weighted by molar-refractivity contribution is 14.0. The van der Waals surface area contributed by atoms with E-state index in [-0.39, 0.29) is 24.0 Å². The maximum atomic E-state index is 5.95. The Kier molecular flexibility index (Phi) is 12.5. The second-order valence-electron chi connectivity index (χ2n) is 7.38. The number of halogens is 1. The number of ether oxygens (including phenoxy) is 3. The van der Waals surface area contributed by atoms with Gasteiger partial charge in [-0.15, -0.1) is 24.0 Å². The van der Waals surface area contributed by atoms with Crippen molar-refractivity contribution in [2.75, 3.05) is 53.7 Å². The van der Waals surface area contributed by atoms with E-state index in [2.05, 4.69) is 35.1 Å². The van der Waals surface area contributed by atoms with Crippen molar-refractivity contribution in [3.05, 3.63) is 29.8 Å². The number of guanidine groups is 1. The van der Waals surface area contributed by atoms with Gasteiger partial charge in [0.05, 0.1) is 26.4 Å². The van der Waals surface area contributed by atoms with Gasteiger partial charge in [-0.1, -0.05) is 32.0 Å². The SMILES string of the molecule is CN=C(NCc1ccccc1OCC(C)C)N1CCC(COCCOC)C1.I. The first-order valence-electron chi connectivity index (χ1n) is 9.87. The van der Waals surface area contributed by atoms with Gasteiger partial charge in [0.25, 0.3) is 0 Å². The van der Waals surface area contributed by atoms with E-state index < -0.39 is 0 Å². The number of likely N-dealkylation sites (tertiary alicyclic amines) is 1. The fourth-order valence-electron chi connectivity index (χ4n) is 3.11. The van der Waals surface area contributed by atoms with Crippen LogP contribution in [0.15, 0.2) is 29.3 Å². The summed E-state index contributed by atoms with van der Waals surface area (Å²) in [6.07, 6.45) is 1.13. The summed E-state index contributed by atoms with van der Waals surface area (Å²) in [5.74, 6) is 2.93. The van der Waals surface area contributed by atoms with E-state index in [9.17, 15) is 0 Å². The number of rotatable bonds is 10. The quantitative estimate of drug-likeness (QED) is 0.229. The molecule has 1 N–H and O–H groups in total. The van der Waals surface area contributed by atoms with E-state index in [1.165, 1.54) is 0 Å². The first kappa shape index (κ1) is 25.0. The molecule has 1 fully saturated rings. The number of hydrogen-bond donors (Lipinski definition) is 1. The topological polar surface area (TPSA) is 55.3 Å². The lowest BCUT2D eigenvalue weighted by Gasteiger charge is -2.22. The third kappa shape index (κ3) is 8.53. The largest absolute Gasteiger partial charge is 0.493 e. The van der Waals surface area contributed by atoms with Gasteiger partial charge >= 0.3 is 0 Å². The van der Waals surface area contributed by atoms with Crippen LogP contribution in [0.5, 0.6) is 5.75 Å². The molecule has 1 aromatic rings. The zero-order valence-corrected chi connectivity index (χ0v) is 20.0. The van der Waals surface area contributed by atoms with Crippen LogP contribution in [-0.4, -0.2) is 64.5 Å². The summed E-state index contributed by atoms with van der Waals surface area (Å²) in [5.41, 5.74) is 1.15. The van der Waals surface area contributed by atoms with Gasteiger partial charge in [-0.05, 0) is 18.4 Å². The Morgan fingerprint density at radius 1 is 1.29 bits per heavy atom. The smallest absolute Gasteiger partial charge is 0.193 e. The molecule has 0 aliphatic carbocycles. The molecule has 1 unspecified atom stereocenters. The van der Waals surface area contributed by atoms with Crippen LogP contribution in [0.25, 0.3) is 0 Å². The zero-order valence-electron chi connectivity index (χ0n) is 17.6. The molecule has 2 rings (SSSR count). The summed E-state index contributed by atoms with van der Waals surface area (Å²) in [5, 5.41) is 3.49. The number of nitrogens with zero attached hydrogens (tertiary/aromatic N) is 2. The van der Waals surface area contributed by atoms with Gasteiger partial charge in [0, 0.05) is 45.3 Å². The number of benzene rings is 1. The van der Waals surface area contributed by atoms with Gasteiger partial charge in [-0.25, -0.2) is 0 Å². The molecular formula is C21H36IN3O3. The lowest BCUT2D eigenvalue weighted by Crippen LogP contribution is -2.40. The molecule has 1 aliphatic rings. The Hall–Kier alpha value is -1.06. The molecule has 0 amide bonds. The molecule has 1 aromatic carbocycles. The van der Waals surface area contributed by atoms with Gasteiger partial charge < -0.3 is 24.4 Å². The van der Waals surface area contributed by atoms with E-state index in [1.807, 2.05) is 25.2 Å². The molecule has 0 spiro atoms. The van der Waals surface area contributed by atoms with E-state index in [0.717, 1.165) is 50.0 Å². The number of aliphatic imine (C=N–C) groups is 1. The maximum Gasteiger partial charge on any atom is 0.193 e. The number of methoxy groups -OCH3 is 1. The van der Waals surface area contributed by atoms with Crippen LogP contribution in [0.1, 0.15) is 25.8 Å². The molecule has 1 heterocycles. The number of para-hydroxylation sites is 1. The van der Waals surface area contributed by atoms with Crippen LogP contribution in [0, 0.1) is 11.8 Å². The van der Waals surface area contributed by atoms with Crippen molar-refractivity contribution < 1.29 is 14.2 Å². The Labute approximate surface area is 187 Å². The number of nitrogens with one attached hydrogen (secondary N) is 1.